The normalized spacial score (nSPS) is 6.64. The zero-order chi connectivity index (χ0) is 9.11. The minimum Gasteiger partial charge on any atom is -0.333 e. The lowest BCUT2D eigenvalue weighted by Crippen LogP contribution is -1.69. The first-order chi connectivity index (χ1) is 5.39. The molecule has 11 heavy (non-hydrogen) atoms. The van der Waals surface area contributed by atoms with Gasteiger partial charge in [0.15, 0.2) is 0 Å². The average Bonchev–Trinajstić information content (AvgIpc) is 2.13. The molecule has 1 rings (SSSR count). The van der Waals surface area contributed by atoms with Crippen LogP contribution >= 0.6 is 11.6 Å². The molecule has 0 amide bonds. The molecule has 0 radical (unpaired) electrons. The van der Waals surface area contributed by atoms with Gasteiger partial charge in [-0.05, 0) is 19.2 Å². The van der Waals surface area contributed by atoms with Crippen LogP contribution in [0.4, 0.5) is 0 Å². The number of nitrogens with zero attached hydrogens (tertiary/aromatic N) is 1. The van der Waals surface area contributed by atoms with Gasteiger partial charge in [-0.1, -0.05) is 31.5 Å². The van der Waals surface area contributed by atoms with Crippen LogP contribution in [0.25, 0.3) is 0 Å². The molecule has 1 heterocycles. The van der Waals surface area contributed by atoms with Crippen molar-refractivity contribution in [2.45, 2.75) is 13.8 Å². The Labute approximate surface area is 73.4 Å². The van der Waals surface area contributed by atoms with Crippen molar-refractivity contribution < 1.29 is 0 Å². The Kier molecular flexibility index (Phi) is 14.3. The standard InChI is InChI=1S/C5H4ClN.C2H6.CH5N/c6-5-3-1-2-4-7-5;2*1-2/h1-4H;1-2H3;2H2,1H3. The molecule has 0 aromatic carbocycles. The lowest BCUT2D eigenvalue weighted by molar-refractivity contribution is 1.33. The fourth-order valence-corrected chi connectivity index (χ4v) is 0.471. The topological polar surface area (TPSA) is 38.9 Å². The smallest absolute Gasteiger partial charge is 0.129 e. The van der Waals surface area contributed by atoms with Crippen molar-refractivity contribution in [2.24, 2.45) is 5.73 Å². The summed E-state index contributed by atoms with van der Waals surface area (Å²) < 4.78 is 0. The number of aromatic nitrogens is 1. The summed E-state index contributed by atoms with van der Waals surface area (Å²) in [5, 5.41) is 0.544. The highest BCUT2D eigenvalue weighted by Gasteiger charge is 1.76. The van der Waals surface area contributed by atoms with Crippen molar-refractivity contribution in [3.63, 3.8) is 0 Å². The van der Waals surface area contributed by atoms with E-state index in [1.807, 2.05) is 26.0 Å². The zero-order valence-electron chi connectivity index (χ0n) is 7.21. The predicted octanol–water partition coefficient (Wildman–Crippen LogP) is 2.34. The third kappa shape index (κ3) is 9.40. The van der Waals surface area contributed by atoms with Gasteiger partial charge in [-0.2, -0.15) is 0 Å². The summed E-state index contributed by atoms with van der Waals surface area (Å²) in [5.41, 5.74) is 4.50. The molecule has 2 N–H and O–H groups in total. The lowest BCUT2D eigenvalue weighted by Gasteiger charge is -1.79. The molecular formula is C8H15ClN2. The van der Waals surface area contributed by atoms with Crippen LogP contribution in [0.2, 0.25) is 5.15 Å². The maximum atomic E-state index is 5.43. The quantitative estimate of drug-likeness (QED) is 0.614. The molecule has 0 unspecified atom stereocenters. The second kappa shape index (κ2) is 12.1. The first kappa shape index (κ1) is 13.0. The first-order valence-electron chi connectivity index (χ1n) is 3.54. The van der Waals surface area contributed by atoms with Gasteiger partial charge < -0.3 is 5.73 Å². The van der Waals surface area contributed by atoms with Crippen LogP contribution in [0.15, 0.2) is 24.4 Å². The van der Waals surface area contributed by atoms with Crippen LogP contribution in [0.1, 0.15) is 13.8 Å². The van der Waals surface area contributed by atoms with Crippen molar-refractivity contribution in [2.75, 3.05) is 7.05 Å². The van der Waals surface area contributed by atoms with Gasteiger partial charge in [-0.3, -0.25) is 0 Å². The van der Waals surface area contributed by atoms with Crippen LogP contribution in [-0.2, 0) is 0 Å². The number of hydrogen-bond donors (Lipinski definition) is 1. The Hall–Kier alpha value is -0.600. The van der Waals surface area contributed by atoms with Crippen molar-refractivity contribution >= 4 is 11.6 Å². The number of nitrogens with two attached hydrogens (primary N) is 1. The minimum absolute atomic E-state index is 0.544. The molecule has 0 spiro atoms. The minimum atomic E-state index is 0.544. The van der Waals surface area contributed by atoms with E-state index in [1.165, 1.54) is 7.05 Å². The molecular weight excluding hydrogens is 160 g/mol. The predicted molar refractivity (Wildman–Crippen MR) is 50.7 cm³/mol. The molecule has 0 fully saturated rings. The molecule has 0 saturated heterocycles. The molecule has 0 bridgehead atoms. The molecule has 2 nitrogen and oxygen atoms in total. The number of pyridine rings is 1. The number of hydrogen-bond acceptors (Lipinski definition) is 2. The van der Waals surface area contributed by atoms with Crippen LogP contribution in [0, 0.1) is 0 Å². The molecule has 0 saturated carbocycles. The highest BCUT2D eigenvalue weighted by molar-refractivity contribution is 6.29. The van der Waals surface area contributed by atoms with Crippen molar-refractivity contribution in [1.82, 2.24) is 4.98 Å². The summed E-state index contributed by atoms with van der Waals surface area (Å²) >= 11 is 5.43. The molecule has 0 aliphatic heterocycles. The van der Waals surface area contributed by atoms with E-state index in [2.05, 4.69) is 10.7 Å². The Morgan fingerprint density at radius 1 is 1.27 bits per heavy atom. The molecule has 1 aromatic heterocycles. The summed E-state index contributed by atoms with van der Waals surface area (Å²) in [6, 6.07) is 5.41. The molecule has 0 atom stereocenters. The van der Waals surface area contributed by atoms with E-state index >= 15 is 0 Å². The number of rotatable bonds is 0. The van der Waals surface area contributed by atoms with Crippen molar-refractivity contribution in [3.05, 3.63) is 29.5 Å². The van der Waals surface area contributed by atoms with E-state index in [0.29, 0.717) is 5.15 Å². The van der Waals surface area contributed by atoms with Gasteiger partial charge in [0.1, 0.15) is 5.15 Å². The maximum absolute atomic E-state index is 5.43. The van der Waals surface area contributed by atoms with Gasteiger partial charge in [0.25, 0.3) is 0 Å². The lowest BCUT2D eigenvalue weighted by atomic mass is 10.5. The number of halogens is 1. The van der Waals surface area contributed by atoms with E-state index in [-0.39, 0.29) is 0 Å². The van der Waals surface area contributed by atoms with Gasteiger partial charge >= 0.3 is 0 Å². The Morgan fingerprint density at radius 3 is 2.00 bits per heavy atom. The van der Waals surface area contributed by atoms with Crippen LogP contribution in [-0.4, -0.2) is 12.0 Å². The second-order valence-electron chi connectivity index (χ2n) is 1.15. The van der Waals surface area contributed by atoms with Crippen molar-refractivity contribution in [3.8, 4) is 0 Å². The van der Waals surface area contributed by atoms with Gasteiger partial charge in [0.05, 0.1) is 0 Å². The van der Waals surface area contributed by atoms with Gasteiger partial charge in [0, 0.05) is 6.20 Å². The highest BCUT2D eigenvalue weighted by Crippen LogP contribution is 1.98. The third-order valence-corrected chi connectivity index (χ3v) is 0.852. The molecule has 64 valence electrons. The van der Waals surface area contributed by atoms with E-state index in [9.17, 15) is 0 Å². The van der Waals surface area contributed by atoms with E-state index in [0.717, 1.165) is 0 Å². The van der Waals surface area contributed by atoms with Crippen LogP contribution in [0.5, 0.6) is 0 Å². The molecule has 1 aromatic rings. The van der Waals surface area contributed by atoms with Crippen LogP contribution < -0.4 is 5.73 Å². The highest BCUT2D eigenvalue weighted by atomic mass is 35.5. The summed E-state index contributed by atoms with van der Waals surface area (Å²) in [6.07, 6.45) is 1.66. The monoisotopic (exact) mass is 174 g/mol. The Morgan fingerprint density at radius 2 is 1.82 bits per heavy atom. The zero-order valence-corrected chi connectivity index (χ0v) is 7.97. The summed E-state index contributed by atoms with van der Waals surface area (Å²) in [6.45, 7) is 4.00. The maximum Gasteiger partial charge on any atom is 0.129 e. The van der Waals surface area contributed by atoms with E-state index in [4.69, 9.17) is 11.6 Å². The summed E-state index contributed by atoms with van der Waals surface area (Å²) in [5.74, 6) is 0. The molecule has 3 heteroatoms. The average molecular weight is 175 g/mol. The molecule has 0 aliphatic rings. The molecule has 0 aliphatic carbocycles. The SMILES string of the molecule is CC.CN.Clc1ccccn1. The fourth-order valence-electron chi connectivity index (χ4n) is 0.342. The third-order valence-electron chi connectivity index (χ3n) is 0.629. The summed E-state index contributed by atoms with van der Waals surface area (Å²) in [7, 11) is 1.50. The second-order valence-corrected chi connectivity index (χ2v) is 1.54. The Balaban J connectivity index is 0. The van der Waals surface area contributed by atoms with Crippen LogP contribution in [0.3, 0.4) is 0 Å². The largest absolute Gasteiger partial charge is 0.333 e. The van der Waals surface area contributed by atoms with Crippen molar-refractivity contribution in [1.29, 1.82) is 0 Å². The van der Waals surface area contributed by atoms with Gasteiger partial charge in [-0.15, -0.1) is 0 Å². The van der Waals surface area contributed by atoms with Gasteiger partial charge in [0.2, 0.25) is 0 Å². The fraction of sp³-hybridized carbons (Fsp3) is 0.375. The Bertz CT molecular complexity index is 142. The van der Waals surface area contributed by atoms with E-state index < -0.39 is 0 Å². The first-order valence-corrected chi connectivity index (χ1v) is 3.91. The summed E-state index contributed by atoms with van der Waals surface area (Å²) in [4.78, 5) is 3.74. The van der Waals surface area contributed by atoms with E-state index in [1.54, 1.807) is 12.3 Å². The van der Waals surface area contributed by atoms with Gasteiger partial charge in [-0.25, -0.2) is 4.98 Å².